The van der Waals surface area contributed by atoms with Crippen LogP contribution in [-0.2, 0) is 17.6 Å². The minimum absolute atomic E-state index is 0.00968. The van der Waals surface area contributed by atoms with Gasteiger partial charge in [0.2, 0.25) is 0 Å². The summed E-state index contributed by atoms with van der Waals surface area (Å²) in [7, 11) is 1.59. The van der Waals surface area contributed by atoms with E-state index >= 15 is 0 Å². The molecule has 1 aromatic carbocycles. The number of thiazole rings is 1. The Bertz CT molecular complexity index is 595. The average Bonchev–Trinajstić information content (AvgIpc) is 2.78. The van der Waals surface area contributed by atoms with Gasteiger partial charge in [0.15, 0.2) is 0 Å². The lowest BCUT2D eigenvalue weighted by Crippen LogP contribution is -1.97. The number of aliphatic carboxylic acids is 1. The van der Waals surface area contributed by atoms with Crippen molar-refractivity contribution in [2.75, 3.05) is 12.8 Å². The molecule has 0 spiro atoms. The van der Waals surface area contributed by atoms with Gasteiger partial charge in [0.05, 0.1) is 18.5 Å². The van der Waals surface area contributed by atoms with Gasteiger partial charge in [0, 0.05) is 29.2 Å². The van der Waals surface area contributed by atoms with E-state index in [2.05, 4.69) is 4.98 Å². The second kappa shape index (κ2) is 5.71. The number of nitrogens with zero attached hydrogens (tertiary/aromatic N) is 1. The van der Waals surface area contributed by atoms with Crippen LogP contribution in [0.2, 0.25) is 0 Å². The summed E-state index contributed by atoms with van der Waals surface area (Å²) in [6.07, 6.45) is 2.21. The average molecular weight is 278 g/mol. The monoisotopic (exact) mass is 278 g/mol. The molecule has 1 heterocycles. The molecule has 0 unspecified atom stereocenters. The van der Waals surface area contributed by atoms with Crippen molar-refractivity contribution in [1.29, 1.82) is 0 Å². The standard InChI is InChI=1S/C13H14N2O3S/c1-18-9-3-2-8(11(14)5-9)4-12-15-7-10(19-12)6-13(16)17/h2-3,5,7H,4,6,14H2,1H3,(H,16,17). The SMILES string of the molecule is COc1ccc(Cc2ncc(CC(=O)O)s2)c(N)c1. The quantitative estimate of drug-likeness (QED) is 0.816. The van der Waals surface area contributed by atoms with Crippen LogP contribution in [-0.4, -0.2) is 23.2 Å². The van der Waals surface area contributed by atoms with E-state index in [1.165, 1.54) is 11.3 Å². The minimum Gasteiger partial charge on any atom is -0.497 e. The predicted octanol–water partition coefficient (Wildman–Crippen LogP) is 1.95. The fourth-order valence-electron chi connectivity index (χ4n) is 1.68. The normalized spacial score (nSPS) is 10.4. The first-order valence-corrected chi connectivity index (χ1v) is 6.48. The van der Waals surface area contributed by atoms with Crippen molar-refractivity contribution in [2.24, 2.45) is 0 Å². The molecule has 0 aliphatic carbocycles. The van der Waals surface area contributed by atoms with Crippen molar-refractivity contribution in [1.82, 2.24) is 4.98 Å². The molecule has 0 fully saturated rings. The van der Waals surface area contributed by atoms with E-state index in [0.29, 0.717) is 17.9 Å². The molecule has 0 saturated carbocycles. The maximum Gasteiger partial charge on any atom is 0.308 e. The Morgan fingerprint density at radius 1 is 1.53 bits per heavy atom. The van der Waals surface area contributed by atoms with Crippen LogP contribution in [0.1, 0.15) is 15.4 Å². The molecule has 0 radical (unpaired) electrons. The number of nitrogens with two attached hydrogens (primary N) is 1. The van der Waals surface area contributed by atoms with Crippen LogP contribution >= 0.6 is 11.3 Å². The summed E-state index contributed by atoms with van der Waals surface area (Å²) in [6.45, 7) is 0. The number of carbonyl (C=O) groups is 1. The Morgan fingerprint density at radius 2 is 2.32 bits per heavy atom. The number of hydrogen-bond acceptors (Lipinski definition) is 5. The smallest absolute Gasteiger partial charge is 0.308 e. The van der Waals surface area contributed by atoms with Gasteiger partial charge in [-0.1, -0.05) is 6.07 Å². The third kappa shape index (κ3) is 3.45. The van der Waals surface area contributed by atoms with E-state index < -0.39 is 5.97 Å². The third-order valence-corrected chi connectivity index (χ3v) is 3.62. The number of carboxylic acid groups (broad SMARTS) is 1. The molecule has 2 aromatic rings. The molecule has 0 amide bonds. The molecule has 6 heteroatoms. The van der Waals surface area contributed by atoms with Crippen LogP contribution in [0.25, 0.3) is 0 Å². The third-order valence-electron chi connectivity index (χ3n) is 2.62. The van der Waals surface area contributed by atoms with E-state index in [0.717, 1.165) is 15.4 Å². The van der Waals surface area contributed by atoms with Crippen LogP contribution in [0.5, 0.6) is 5.75 Å². The lowest BCUT2D eigenvalue weighted by molar-refractivity contribution is -0.136. The molecule has 0 bridgehead atoms. The number of methoxy groups -OCH3 is 1. The fraction of sp³-hybridized carbons (Fsp3) is 0.231. The summed E-state index contributed by atoms with van der Waals surface area (Å²) in [5, 5.41) is 9.57. The first-order valence-electron chi connectivity index (χ1n) is 5.66. The Morgan fingerprint density at radius 3 is 2.95 bits per heavy atom. The summed E-state index contributed by atoms with van der Waals surface area (Å²) in [4.78, 5) is 15.6. The number of hydrogen-bond donors (Lipinski definition) is 2. The first-order chi connectivity index (χ1) is 9.08. The second-order valence-corrected chi connectivity index (χ2v) is 5.23. The molecule has 0 aliphatic heterocycles. The van der Waals surface area contributed by atoms with Gasteiger partial charge in [0.25, 0.3) is 0 Å². The molecule has 19 heavy (non-hydrogen) atoms. The molecule has 0 atom stereocenters. The summed E-state index contributed by atoms with van der Waals surface area (Å²) < 4.78 is 5.09. The Kier molecular flexibility index (Phi) is 4.01. The van der Waals surface area contributed by atoms with Crippen molar-refractivity contribution in [3.05, 3.63) is 39.8 Å². The van der Waals surface area contributed by atoms with Gasteiger partial charge in [-0.2, -0.15) is 0 Å². The highest BCUT2D eigenvalue weighted by molar-refractivity contribution is 7.11. The van der Waals surface area contributed by atoms with E-state index in [-0.39, 0.29) is 6.42 Å². The van der Waals surface area contributed by atoms with E-state index in [1.807, 2.05) is 12.1 Å². The lowest BCUT2D eigenvalue weighted by atomic mass is 10.1. The van der Waals surface area contributed by atoms with Gasteiger partial charge in [-0.25, -0.2) is 4.98 Å². The molecule has 5 nitrogen and oxygen atoms in total. The van der Waals surface area contributed by atoms with Crippen molar-refractivity contribution >= 4 is 23.0 Å². The highest BCUT2D eigenvalue weighted by Crippen LogP contribution is 2.24. The van der Waals surface area contributed by atoms with E-state index in [9.17, 15) is 4.79 Å². The van der Waals surface area contributed by atoms with Crippen LogP contribution in [0.4, 0.5) is 5.69 Å². The lowest BCUT2D eigenvalue weighted by Gasteiger charge is -2.06. The number of ether oxygens (including phenoxy) is 1. The summed E-state index contributed by atoms with van der Waals surface area (Å²) in [5.74, 6) is -0.133. The Balaban J connectivity index is 2.12. The number of aromatic nitrogens is 1. The Labute approximate surface area is 114 Å². The van der Waals surface area contributed by atoms with Gasteiger partial charge in [-0.15, -0.1) is 11.3 Å². The zero-order chi connectivity index (χ0) is 13.8. The number of carboxylic acids is 1. The molecule has 1 aromatic heterocycles. The first kappa shape index (κ1) is 13.4. The highest BCUT2D eigenvalue weighted by Gasteiger charge is 2.08. The Hall–Kier alpha value is -2.08. The van der Waals surface area contributed by atoms with Crippen molar-refractivity contribution in [2.45, 2.75) is 12.8 Å². The minimum atomic E-state index is -0.848. The largest absolute Gasteiger partial charge is 0.497 e. The molecular formula is C13H14N2O3S. The van der Waals surface area contributed by atoms with Crippen LogP contribution in [0.15, 0.2) is 24.4 Å². The van der Waals surface area contributed by atoms with Crippen molar-refractivity contribution in [3.63, 3.8) is 0 Å². The molecule has 0 saturated heterocycles. The van der Waals surface area contributed by atoms with Crippen molar-refractivity contribution in [3.8, 4) is 5.75 Å². The van der Waals surface area contributed by atoms with Gasteiger partial charge < -0.3 is 15.6 Å². The van der Waals surface area contributed by atoms with Gasteiger partial charge >= 0.3 is 5.97 Å². The maximum absolute atomic E-state index is 10.6. The fourth-order valence-corrected chi connectivity index (χ4v) is 2.62. The van der Waals surface area contributed by atoms with Crippen molar-refractivity contribution < 1.29 is 14.6 Å². The summed E-state index contributed by atoms with van der Waals surface area (Å²) in [5.41, 5.74) is 7.54. The van der Waals surface area contributed by atoms with Crippen LogP contribution in [0.3, 0.4) is 0 Å². The summed E-state index contributed by atoms with van der Waals surface area (Å²) in [6, 6.07) is 5.50. The number of nitrogen functional groups attached to an aromatic ring is 1. The maximum atomic E-state index is 10.6. The zero-order valence-electron chi connectivity index (χ0n) is 10.4. The molecule has 0 aliphatic rings. The topological polar surface area (TPSA) is 85.4 Å². The van der Waals surface area contributed by atoms with Gasteiger partial charge in [0.1, 0.15) is 5.75 Å². The molecule has 100 valence electrons. The summed E-state index contributed by atoms with van der Waals surface area (Å²) >= 11 is 1.40. The number of rotatable bonds is 5. The predicted molar refractivity (Wildman–Crippen MR) is 73.7 cm³/mol. The molecule has 3 N–H and O–H groups in total. The molecule has 2 rings (SSSR count). The zero-order valence-corrected chi connectivity index (χ0v) is 11.2. The molecular weight excluding hydrogens is 264 g/mol. The van der Waals surface area contributed by atoms with Gasteiger partial charge in [-0.3, -0.25) is 4.79 Å². The van der Waals surface area contributed by atoms with E-state index in [1.54, 1.807) is 19.4 Å². The highest BCUT2D eigenvalue weighted by atomic mass is 32.1. The van der Waals surface area contributed by atoms with Crippen LogP contribution < -0.4 is 10.5 Å². The van der Waals surface area contributed by atoms with Crippen LogP contribution in [0, 0.1) is 0 Å². The van der Waals surface area contributed by atoms with E-state index in [4.69, 9.17) is 15.6 Å². The second-order valence-electron chi connectivity index (χ2n) is 4.03. The van der Waals surface area contributed by atoms with Gasteiger partial charge in [-0.05, 0) is 11.6 Å². The number of benzene rings is 1. The number of anilines is 1.